The minimum absolute atomic E-state index is 0.00265. The molecule has 0 aromatic heterocycles. The molecule has 1 aliphatic heterocycles. The van der Waals surface area contributed by atoms with Crippen LogP contribution in [0.5, 0.6) is 0 Å². The maximum absolute atomic E-state index is 13.8. The average molecular weight is 404 g/mol. The number of barbiturate groups is 1. The summed E-state index contributed by atoms with van der Waals surface area (Å²) in [5, 5.41) is 0. The van der Waals surface area contributed by atoms with Gasteiger partial charge in [0.15, 0.2) is 0 Å². The van der Waals surface area contributed by atoms with Crippen molar-refractivity contribution in [3.63, 3.8) is 0 Å². The van der Waals surface area contributed by atoms with Gasteiger partial charge in [0, 0.05) is 38.8 Å². The van der Waals surface area contributed by atoms with Gasteiger partial charge in [-0.1, -0.05) is 60.2 Å². The summed E-state index contributed by atoms with van der Waals surface area (Å²) in [6.45, 7) is 1.95. The zero-order valence-electron chi connectivity index (χ0n) is 17.3. The normalized spacial score (nSPS) is 24.0. The number of carbonyl (C=O) groups is 4. The van der Waals surface area contributed by atoms with Crippen molar-refractivity contribution < 1.29 is 19.2 Å². The lowest BCUT2D eigenvalue weighted by Gasteiger charge is -2.51. The number of nitrogens with zero attached hydrogens (tertiary/aromatic N) is 2. The highest BCUT2D eigenvalue weighted by atomic mass is 16.2. The van der Waals surface area contributed by atoms with E-state index in [0.717, 1.165) is 26.5 Å². The lowest BCUT2D eigenvalue weighted by atomic mass is 9.54. The SMILES string of the molecule is Cc1ccc([C@@H]2CC(=O)C[C@H](c3ccccc3)C23C(=O)N(C)C(=O)N(C)C3=O)cc1. The molecule has 30 heavy (non-hydrogen) atoms. The largest absolute Gasteiger partial charge is 0.332 e. The number of imide groups is 2. The molecule has 2 aromatic rings. The third-order valence-electron chi connectivity index (χ3n) is 6.54. The Morgan fingerprint density at radius 3 is 1.70 bits per heavy atom. The van der Waals surface area contributed by atoms with Gasteiger partial charge in [-0.2, -0.15) is 0 Å². The van der Waals surface area contributed by atoms with Crippen molar-refractivity contribution in [3.8, 4) is 0 Å². The zero-order valence-corrected chi connectivity index (χ0v) is 17.3. The van der Waals surface area contributed by atoms with Crippen LogP contribution in [0.25, 0.3) is 0 Å². The quantitative estimate of drug-likeness (QED) is 0.720. The van der Waals surface area contributed by atoms with Crippen LogP contribution in [0.3, 0.4) is 0 Å². The van der Waals surface area contributed by atoms with Crippen LogP contribution in [0.2, 0.25) is 0 Å². The van der Waals surface area contributed by atoms with Gasteiger partial charge in [0.2, 0.25) is 11.8 Å². The van der Waals surface area contributed by atoms with Crippen molar-refractivity contribution >= 4 is 23.6 Å². The first-order valence-corrected chi connectivity index (χ1v) is 10.0. The number of hydrogen-bond donors (Lipinski definition) is 0. The molecule has 0 unspecified atom stereocenters. The third kappa shape index (κ3) is 2.78. The van der Waals surface area contributed by atoms with E-state index >= 15 is 0 Å². The van der Waals surface area contributed by atoms with E-state index < -0.39 is 35.1 Å². The van der Waals surface area contributed by atoms with Crippen LogP contribution in [0, 0.1) is 12.3 Å². The molecule has 4 amide bonds. The molecule has 1 aliphatic carbocycles. The van der Waals surface area contributed by atoms with Crippen LogP contribution < -0.4 is 0 Å². The molecular formula is C24H24N2O4. The lowest BCUT2D eigenvalue weighted by molar-refractivity contribution is -0.163. The number of carbonyl (C=O) groups excluding carboxylic acids is 4. The number of hydrogen-bond acceptors (Lipinski definition) is 4. The van der Waals surface area contributed by atoms with Crippen molar-refractivity contribution in [2.45, 2.75) is 31.6 Å². The van der Waals surface area contributed by atoms with E-state index in [2.05, 4.69) is 0 Å². The van der Waals surface area contributed by atoms with Gasteiger partial charge in [-0.3, -0.25) is 24.2 Å². The first-order valence-electron chi connectivity index (χ1n) is 10.0. The van der Waals surface area contributed by atoms with Gasteiger partial charge in [-0.25, -0.2) is 4.79 Å². The fourth-order valence-electron chi connectivity index (χ4n) is 4.99. The van der Waals surface area contributed by atoms with E-state index in [1.54, 1.807) is 0 Å². The number of Topliss-reactive ketones (excluding diaryl/α,β-unsaturated/α-hetero) is 1. The monoisotopic (exact) mass is 404 g/mol. The second-order valence-corrected chi connectivity index (χ2v) is 8.25. The Kier molecular flexibility index (Phi) is 4.80. The van der Waals surface area contributed by atoms with Gasteiger partial charge < -0.3 is 0 Å². The number of aryl methyl sites for hydroxylation is 1. The molecule has 1 heterocycles. The summed E-state index contributed by atoms with van der Waals surface area (Å²) in [4.78, 5) is 54.9. The molecule has 1 spiro atoms. The van der Waals surface area contributed by atoms with E-state index in [0.29, 0.717) is 0 Å². The highest BCUT2D eigenvalue weighted by Crippen LogP contribution is 2.57. The summed E-state index contributed by atoms with van der Waals surface area (Å²) in [5.41, 5.74) is 0.996. The van der Waals surface area contributed by atoms with Gasteiger partial charge in [0.05, 0.1) is 0 Å². The zero-order chi connectivity index (χ0) is 21.6. The molecule has 0 bridgehead atoms. The molecule has 2 aromatic carbocycles. The maximum Gasteiger partial charge on any atom is 0.332 e. The van der Waals surface area contributed by atoms with Crippen LogP contribution in [0.1, 0.15) is 41.4 Å². The fraction of sp³-hybridized carbons (Fsp3) is 0.333. The van der Waals surface area contributed by atoms with Crippen molar-refractivity contribution in [1.29, 1.82) is 0 Å². The Bertz CT molecular complexity index is 1000. The van der Waals surface area contributed by atoms with E-state index in [1.165, 1.54) is 14.1 Å². The molecule has 1 saturated carbocycles. The van der Waals surface area contributed by atoms with E-state index in [4.69, 9.17) is 0 Å². The molecule has 2 atom stereocenters. The van der Waals surface area contributed by atoms with Gasteiger partial charge in [-0.15, -0.1) is 0 Å². The molecule has 0 radical (unpaired) electrons. The highest BCUT2D eigenvalue weighted by Gasteiger charge is 2.66. The van der Waals surface area contributed by atoms with Gasteiger partial charge >= 0.3 is 6.03 Å². The standard InChI is InChI=1S/C24H24N2O4/c1-15-9-11-17(12-10-15)20-14-18(27)13-19(16-7-5-4-6-8-16)24(20)21(28)25(2)23(30)26(3)22(24)29/h4-12,19-20H,13-14H2,1-3H3/t19-,20+/m1/s1. The molecular weight excluding hydrogens is 380 g/mol. The first-order chi connectivity index (χ1) is 14.3. The molecule has 6 heteroatoms. The Morgan fingerprint density at radius 2 is 1.20 bits per heavy atom. The Balaban J connectivity index is 2.00. The molecule has 4 rings (SSSR count). The van der Waals surface area contributed by atoms with Crippen LogP contribution in [0.4, 0.5) is 4.79 Å². The average Bonchev–Trinajstić information content (AvgIpc) is 2.76. The highest BCUT2D eigenvalue weighted by molar-refractivity contribution is 6.21. The number of urea groups is 1. The summed E-state index contributed by atoms with van der Waals surface area (Å²) >= 11 is 0. The molecule has 6 nitrogen and oxygen atoms in total. The predicted octanol–water partition coefficient (Wildman–Crippen LogP) is 3.26. The van der Waals surface area contributed by atoms with Crippen LogP contribution in [0.15, 0.2) is 54.6 Å². The lowest BCUT2D eigenvalue weighted by Crippen LogP contribution is -2.68. The number of amides is 4. The van der Waals surface area contributed by atoms with Crippen molar-refractivity contribution in [2.24, 2.45) is 5.41 Å². The Morgan fingerprint density at radius 1 is 0.733 bits per heavy atom. The van der Waals surface area contributed by atoms with Crippen LogP contribution in [-0.2, 0) is 14.4 Å². The molecule has 2 fully saturated rings. The van der Waals surface area contributed by atoms with E-state index in [1.807, 2.05) is 61.5 Å². The summed E-state index contributed by atoms with van der Waals surface area (Å²) in [6.07, 6.45) is 0.166. The van der Waals surface area contributed by atoms with Crippen molar-refractivity contribution in [3.05, 3.63) is 71.3 Å². The molecule has 154 valence electrons. The predicted molar refractivity (Wildman–Crippen MR) is 111 cm³/mol. The smallest absolute Gasteiger partial charge is 0.300 e. The summed E-state index contributed by atoms with van der Waals surface area (Å²) in [5.74, 6) is -2.38. The Labute approximate surface area is 175 Å². The van der Waals surface area contributed by atoms with E-state index in [-0.39, 0.29) is 18.6 Å². The summed E-state index contributed by atoms with van der Waals surface area (Å²) < 4.78 is 0. The van der Waals surface area contributed by atoms with E-state index in [9.17, 15) is 19.2 Å². The molecule has 1 saturated heterocycles. The maximum atomic E-state index is 13.8. The second kappa shape index (κ2) is 7.20. The topological polar surface area (TPSA) is 74.8 Å². The molecule has 2 aliphatic rings. The minimum atomic E-state index is -1.55. The number of benzene rings is 2. The third-order valence-corrected chi connectivity index (χ3v) is 6.54. The second-order valence-electron chi connectivity index (χ2n) is 8.25. The van der Waals surface area contributed by atoms with Crippen molar-refractivity contribution in [1.82, 2.24) is 9.80 Å². The van der Waals surface area contributed by atoms with Crippen molar-refractivity contribution in [2.75, 3.05) is 14.1 Å². The molecule has 0 N–H and O–H groups in total. The van der Waals surface area contributed by atoms with Gasteiger partial charge in [-0.05, 0) is 18.1 Å². The van der Waals surface area contributed by atoms with Gasteiger partial charge in [0.25, 0.3) is 0 Å². The fourth-order valence-corrected chi connectivity index (χ4v) is 4.99. The number of rotatable bonds is 2. The summed E-state index contributed by atoms with van der Waals surface area (Å²) in [6, 6.07) is 16.1. The van der Waals surface area contributed by atoms with Crippen LogP contribution in [-0.4, -0.2) is 47.5 Å². The first kappa shape index (κ1) is 20.0. The van der Waals surface area contributed by atoms with Gasteiger partial charge in [0.1, 0.15) is 11.2 Å². The Hall–Kier alpha value is -3.28. The van der Waals surface area contributed by atoms with Crippen LogP contribution >= 0.6 is 0 Å². The minimum Gasteiger partial charge on any atom is -0.300 e. The summed E-state index contributed by atoms with van der Waals surface area (Å²) in [7, 11) is 2.81. The number of ketones is 1.